The first-order chi connectivity index (χ1) is 10.6. The molecule has 0 atom stereocenters. The van der Waals surface area contributed by atoms with Gasteiger partial charge in [-0.05, 0) is 30.7 Å². The Morgan fingerprint density at radius 2 is 2.05 bits per heavy atom. The second-order valence-electron chi connectivity index (χ2n) is 4.81. The zero-order valence-corrected chi connectivity index (χ0v) is 13.4. The van der Waals surface area contributed by atoms with Crippen LogP contribution in [-0.2, 0) is 0 Å². The summed E-state index contributed by atoms with van der Waals surface area (Å²) in [5, 5.41) is 4.90. The number of para-hydroxylation sites is 1. The number of amides is 1. The van der Waals surface area contributed by atoms with Gasteiger partial charge in [-0.15, -0.1) is 0 Å². The number of halogens is 1. The van der Waals surface area contributed by atoms with Crippen molar-refractivity contribution in [2.45, 2.75) is 6.92 Å². The van der Waals surface area contributed by atoms with Crippen molar-refractivity contribution < 1.29 is 9.21 Å². The van der Waals surface area contributed by atoms with Gasteiger partial charge < -0.3 is 4.42 Å². The predicted molar refractivity (Wildman–Crippen MR) is 90.2 cm³/mol. The summed E-state index contributed by atoms with van der Waals surface area (Å²) in [6.45, 7) is 1.86. The average Bonchev–Trinajstić information content (AvgIpc) is 2.85. The number of hydrogen-bond donors (Lipinski definition) is 1. The molecule has 5 heteroatoms. The second kappa shape index (κ2) is 6.15. The molecule has 0 radical (unpaired) electrons. The lowest BCUT2D eigenvalue weighted by molar-refractivity contribution is 0.0929. The normalized spacial score (nSPS) is 11.2. The average molecular weight is 357 g/mol. The Morgan fingerprint density at radius 3 is 2.82 bits per heavy atom. The van der Waals surface area contributed by atoms with E-state index in [1.54, 1.807) is 6.21 Å². The van der Waals surface area contributed by atoms with Gasteiger partial charge in [-0.25, -0.2) is 5.43 Å². The zero-order chi connectivity index (χ0) is 15.5. The van der Waals surface area contributed by atoms with E-state index in [1.165, 1.54) is 0 Å². The van der Waals surface area contributed by atoms with Gasteiger partial charge in [0.05, 0.1) is 6.21 Å². The molecule has 110 valence electrons. The SMILES string of the molecule is Cc1c(C(=O)N/N=C\c2cccc(Br)c2)oc2ccccc12. The van der Waals surface area contributed by atoms with Crippen molar-refractivity contribution in [2.75, 3.05) is 0 Å². The Morgan fingerprint density at radius 1 is 1.23 bits per heavy atom. The lowest BCUT2D eigenvalue weighted by Gasteiger charge is -1.97. The molecule has 0 saturated heterocycles. The minimum absolute atomic E-state index is 0.285. The Labute approximate surface area is 136 Å². The fourth-order valence-corrected chi connectivity index (χ4v) is 2.61. The van der Waals surface area contributed by atoms with Crippen molar-refractivity contribution in [2.24, 2.45) is 5.10 Å². The molecule has 0 spiro atoms. The van der Waals surface area contributed by atoms with Crippen LogP contribution in [0.15, 0.2) is 62.5 Å². The number of benzene rings is 2. The minimum atomic E-state index is -0.361. The molecule has 1 amide bonds. The van der Waals surface area contributed by atoms with Crippen LogP contribution in [-0.4, -0.2) is 12.1 Å². The van der Waals surface area contributed by atoms with Crippen molar-refractivity contribution in [3.63, 3.8) is 0 Å². The maximum absolute atomic E-state index is 12.2. The molecule has 1 aromatic heterocycles. The van der Waals surface area contributed by atoms with E-state index >= 15 is 0 Å². The first kappa shape index (κ1) is 14.5. The number of aryl methyl sites for hydroxylation is 1. The van der Waals surface area contributed by atoms with E-state index in [9.17, 15) is 4.79 Å². The molecule has 4 nitrogen and oxygen atoms in total. The molecule has 3 rings (SSSR count). The van der Waals surface area contributed by atoms with E-state index < -0.39 is 0 Å². The summed E-state index contributed by atoms with van der Waals surface area (Å²) in [6.07, 6.45) is 1.58. The molecule has 3 aromatic rings. The maximum atomic E-state index is 12.2. The highest BCUT2D eigenvalue weighted by atomic mass is 79.9. The molecule has 0 bridgehead atoms. The van der Waals surface area contributed by atoms with Gasteiger partial charge in [-0.2, -0.15) is 5.10 Å². The van der Waals surface area contributed by atoms with Crippen molar-refractivity contribution in [3.05, 3.63) is 69.9 Å². The molecule has 0 fully saturated rings. The van der Waals surface area contributed by atoms with Gasteiger partial charge in [0.1, 0.15) is 5.58 Å². The lowest BCUT2D eigenvalue weighted by Crippen LogP contribution is -2.17. The summed E-state index contributed by atoms with van der Waals surface area (Å²) in [5.41, 5.74) is 4.88. The van der Waals surface area contributed by atoms with Crippen molar-refractivity contribution in [1.29, 1.82) is 0 Å². The topological polar surface area (TPSA) is 54.6 Å². The van der Waals surface area contributed by atoms with Gasteiger partial charge in [0.15, 0.2) is 5.76 Å². The number of carbonyl (C=O) groups is 1. The quantitative estimate of drug-likeness (QED) is 0.562. The van der Waals surface area contributed by atoms with Crippen LogP contribution in [0.25, 0.3) is 11.0 Å². The molecule has 0 aliphatic rings. The van der Waals surface area contributed by atoms with Crippen molar-refractivity contribution >= 4 is 39.0 Å². The molecule has 2 aromatic carbocycles. The van der Waals surface area contributed by atoms with Gasteiger partial charge in [0.25, 0.3) is 0 Å². The fraction of sp³-hybridized carbons (Fsp3) is 0.0588. The maximum Gasteiger partial charge on any atom is 0.307 e. The van der Waals surface area contributed by atoms with Crippen LogP contribution in [0.5, 0.6) is 0 Å². The summed E-state index contributed by atoms with van der Waals surface area (Å²) < 4.78 is 6.54. The number of carbonyl (C=O) groups excluding carboxylic acids is 1. The molecule has 1 N–H and O–H groups in total. The number of hydrazone groups is 1. The van der Waals surface area contributed by atoms with Gasteiger partial charge in [0, 0.05) is 15.4 Å². The molecule has 0 saturated carbocycles. The molecular formula is C17H13BrN2O2. The largest absolute Gasteiger partial charge is 0.451 e. The van der Waals surface area contributed by atoms with Crippen LogP contribution < -0.4 is 5.43 Å². The van der Waals surface area contributed by atoms with Crippen LogP contribution in [0.3, 0.4) is 0 Å². The Bertz CT molecular complexity index is 868. The summed E-state index contributed by atoms with van der Waals surface area (Å²) >= 11 is 3.38. The van der Waals surface area contributed by atoms with Gasteiger partial charge in [0.2, 0.25) is 0 Å². The fourth-order valence-electron chi connectivity index (χ4n) is 2.19. The van der Waals surface area contributed by atoms with Crippen LogP contribution in [0.4, 0.5) is 0 Å². The highest BCUT2D eigenvalue weighted by molar-refractivity contribution is 9.10. The minimum Gasteiger partial charge on any atom is -0.451 e. The highest BCUT2D eigenvalue weighted by Crippen LogP contribution is 2.24. The van der Waals surface area contributed by atoms with Crippen LogP contribution in [0.2, 0.25) is 0 Å². The number of furan rings is 1. The zero-order valence-electron chi connectivity index (χ0n) is 11.8. The molecule has 22 heavy (non-hydrogen) atoms. The number of nitrogens with one attached hydrogen (secondary N) is 1. The number of fused-ring (bicyclic) bond motifs is 1. The van der Waals surface area contributed by atoms with Crippen molar-refractivity contribution in [1.82, 2.24) is 5.43 Å². The predicted octanol–water partition coefficient (Wildman–Crippen LogP) is 4.27. The third-order valence-electron chi connectivity index (χ3n) is 3.28. The highest BCUT2D eigenvalue weighted by Gasteiger charge is 2.16. The number of rotatable bonds is 3. The summed E-state index contributed by atoms with van der Waals surface area (Å²) in [4.78, 5) is 12.2. The Hall–Kier alpha value is -2.40. The van der Waals surface area contributed by atoms with E-state index in [4.69, 9.17) is 4.42 Å². The van der Waals surface area contributed by atoms with E-state index in [0.29, 0.717) is 5.58 Å². The molecule has 1 heterocycles. The van der Waals surface area contributed by atoms with E-state index in [0.717, 1.165) is 21.0 Å². The standard InChI is InChI=1S/C17H13BrN2O2/c1-11-14-7-2-3-8-15(14)22-16(11)17(21)20-19-10-12-5-4-6-13(18)9-12/h2-10H,1H3,(H,20,21)/b19-10-. The van der Waals surface area contributed by atoms with E-state index in [1.807, 2.05) is 55.5 Å². The smallest absolute Gasteiger partial charge is 0.307 e. The first-order valence-electron chi connectivity index (χ1n) is 6.72. The Kier molecular flexibility index (Phi) is 4.06. The first-order valence-corrected chi connectivity index (χ1v) is 7.51. The number of hydrogen-bond acceptors (Lipinski definition) is 3. The van der Waals surface area contributed by atoms with Crippen LogP contribution in [0, 0.1) is 6.92 Å². The third-order valence-corrected chi connectivity index (χ3v) is 3.77. The lowest BCUT2D eigenvalue weighted by atomic mass is 10.1. The summed E-state index contributed by atoms with van der Waals surface area (Å²) in [5.74, 6) is -0.0764. The van der Waals surface area contributed by atoms with Gasteiger partial charge >= 0.3 is 5.91 Å². The molecule has 0 aliphatic heterocycles. The van der Waals surface area contributed by atoms with Crippen molar-refractivity contribution in [3.8, 4) is 0 Å². The number of nitrogens with zero attached hydrogens (tertiary/aromatic N) is 1. The van der Waals surface area contributed by atoms with Gasteiger partial charge in [-0.1, -0.05) is 46.3 Å². The molecule has 0 aliphatic carbocycles. The second-order valence-corrected chi connectivity index (χ2v) is 5.72. The molecule has 0 unspecified atom stereocenters. The summed E-state index contributed by atoms with van der Waals surface area (Å²) in [7, 11) is 0. The van der Waals surface area contributed by atoms with E-state index in [2.05, 4.69) is 26.5 Å². The third kappa shape index (κ3) is 2.94. The van der Waals surface area contributed by atoms with Gasteiger partial charge in [-0.3, -0.25) is 4.79 Å². The van der Waals surface area contributed by atoms with Crippen LogP contribution in [0.1, 0.15) is 21.7 Å². The Balaban J connectivity index is 1.77. The molecular weight excluding hydrogens is 344 g/mol. The van der Waals surface area contributed by atoms with E-state index in [-0.39, 0.29) is 11.7 Å². The monoisotopic (exact) mass is 356 g/mol. The van der Waals surface area contributed by atoms with Crippen LogP contribution >= 0.6 is 15.9 Å². The summed E-state index contributed by atoms with van der Waals surface area (Å²) in [6, 6.07) is 15.2.